The van der Waals surface area contributed by atoms with Crippen LogP contribution in [0.5, 0.6) is 0 Å². The Bertz CT molecular complexity index is 726. The minimum absolute atomic E-state index is 0. The topological polar surface area (TPSA) is 88.5 Å². The van der Waals surface area contributed by atoms with Crippen molar-refractivity contribution in [3.05, 3.63) is 35.7 Å². The van der Waals surface area contributed by atoms with E-state index in [0.717, 1.165) is 31.5 Å². The quantitative estimate of drug-likeness (QED) is 0.809. The van der Waals surface area contributed by atoms with Gasteiger partial charge in [-0.3, -0.25) is 9.69 Å². The molecule has 0 saturated carbocycles. The van der Waals surface area contributed by atoms with Crippen molar-refractivity contribution < 1.29 is 9.32 Å². The second-order valence-corrected chi connectivity index (χ2v) is 6.87. The summed E-state index contributed by atoms with van der Waals surface area (Å²) in [5, 5.41) is 4.07. The van der Waals surface area contributed by atoms with Crippen LogP contribution in [0.3, 0.4) is 0 Å². The summed E-state index contributed by atoms with van der Waals surface area (Å²) in [6.07, 6.45) is 1.66. The van der Waals surface area contributed by atoms with Crippen LogP contribution in [0, 0.1) is 6.92 Å². The normalized spacial score (nSPS) is 16.0. The molecular formula is C19H28ClN5O2. The fourth-order valence-electron chi connectivity index (χ4n) is 3.13. The second-order valence-electron chi connectivity index (χ2n) is 6.87. The van der Waals surface area contributed by atoms with E-state index >= 15 is 0 Å². The molecule has 1 unspecified atom stereocenters. The van der Waals surface area contributed by atoms with Crippen molar-refractivity contribution in [2.75, 3.05) is 26.2 Å². The lowest BCUT2D eigenvalue weighted by Crippen LogP contribution is -2.52. The molecule has 1 amide bonds. The van der Waals surface area contributed by atoms with Crippen molar-refractivity contribution in [1.29, 1.82) is 0 Å². The summed E-state index contributed by atoms with van der Waals surface area (Å²) in [6, 6.07) is 7.68. The molecule has 27 heavy (non-hydrogen) atoms. The van der Waals surface area contributed by atoms with Crippen LogP contribution in [0.1, 0.15) is 31.2 Å². The highest BCUT2D eigenvalue weighted by Gasteiger charge is 2.25. The van der Waals surface area contributed by atoms with Gasteiger partial charge in [-0.25, -0.2) is 0 Å². The van der Waals surface area contributed by atoms with Gasteiger partial charge in [0, 0.05) is 31.7 Å². The molecule has 8 heteroatoms. The van der Waals surface area contributed by atoms with E-state index in [4.69, 9.17) is 10.3 Å². The van der Waals surface area contributed by atoms with Crippen LogP contribution >= 0.6 is 12.4 Å². The lowest BCUT2D eigenvalue weighted by molar-refractivity contribution is -0.134. The van der Waals surface area contributed by atoms with Crippen molar-refractivity contribution in [3.63, 3.8) is 0 Å². The highest BCUT2D eigenvalue weighted by Crippen LogP contribution is 2.17. The van der Waals surface area contributed by atoms with Crippen LogP contribution in [-0.2, 0) is 11.3 Å². The third-order valence-electron chi connectivity index (χ3n) is 4.74. The Morgan fingerprint density at radius 2 is 1.89 bits per heavy atom. The number of hydrogen-bond donors (Lipinski definition) is 1. The van der Waals surface area contributed by atoms with E-state index in [1.54, 1.807) is 0 Å². The zero-order chi connectivity index (χ0) is 18.5. The summed E-state index contributed by atoms with van der Waals surface area (Å²) in [7, 11) is 0. The molecule has 0 bridgehead atoms. The number of halogens is 1. The van der Waals surface area contributed by atoms with E-state index in [1.807, 2.05) is 43.0 Å². The maximum Gasteiger partial charge on any atom is 0.241 e. The van der Waals surface area contributed by atoms with Crippen LogP contribution in [0.2, 0.25) is 0 Å². The molecule has 1 fully saturated rings. The fourth-order valence-corrected chi connectivity index (χ4v) is 3.13. The van der Waals surface area contributed by atoms with Crippen molar-refractivity contribution >= 4 is 18.3 Å². The first-order chi connectivity index (χ1) is 12.6. The zero-order valence-corrected chi connectivity index (χ0v) is 16.7. The van der Waals surface area contributed by atoms with Gasteiger partial charge in [0.15, 0.2) is 0 Å². The molecule has 1 atom stereocenters. The largest absolute Gasteiger partial charge is 0.339 e. The van der Waals surface area contributed by atoms with Crippen molar-refractivity contribution in [3.8, 4) is 11.4 Å². The number of amides is 1. The molecule has 0 radical (unpaired) electrons. The van der Waals surface area contributed by atoms with E-state index in [9.17, 15) is 4.79 Å². The molecular weight excluding hydrogens is 366 g/mol. The lowest BCUT2D eigenvalue weighted by atomic mass is 10.1. The van der Waals surface area contributed by atoms with Crippen LogP contribution in [0.15, 0.2) is 28.8 Å². The lowest BCUT2D eigenvalue weighted by Gasteiger charge is -2.35. The van der Waals surface area contributed by atoms with Crippen molar-refractivity contribution in [2.45, 2.75) is 39.3 Å². The Morgan fingerprint density at radius 1 is 1.22 bits per heavy atom. The van der Waals surface area contributed by atoms with E-state index in [-0.39, 0.29) is 24.4 Å². The Morgan fingerprint density at radius 3 is 2.52 bits per heavy atom. The molecule has 7 nitrogen and oxygen atoms in total. The number of hydrogen-bond acceptors (Lipinski definition) is 6. The van der Waals surface area contributed by atoms with Crippen LogP contribution in [-0.4, -0.2) is 58.1 Å². The number of carbonyl (C=O) groups is 1. The number of carbonyl (C=O) groups excluding carboxylic acids is 1. The summed E-state index contributed by atoms with van der Waals surface area (Å²) < 4.78 is 5.39. The van der Waals surface area contributed by atoms with Crippen LogP contribution < -0.4 is 5.73 Å². The molecule has 1 saturated heterocycles. The predicted molar refractivity (Wildman–Crippen MR) is 106 cm³/mol. The summed E-state index contributed by atoms with van der Waals surface area (Å²) in [5.41, 5.74) is 8.09. The van der Waals surface area contributed by atoms with Gasteiger partial charge in [-0.15, -0.1) is 12.4 Å². The van der Waals surface area contributed by atoms with Gasteiger partial charge in [0.25, 0.3) is 0 Å². The Labute approximate surface area is 166 Å². The van der Waals surface area contributed by atoms with E-state index in [0.29, 0.717) is 31.3 Å². The average Bonchev–Trinajstić information content (AvgIpc) is 3.11. The summed E-state index contributed by atoms with van der Waals surface area (Å²) in [5.74, 6) is 1.27. The molecule has 0 aliphatic carbocycles. The van der Waals surface area contributed by atoms with Gasteiger partial charge in [-0.2, -0.15) is 4.98 Å². The minimum atomic E-state index is -0.375. The molecule has 1 aromatic heterocycles. The van der Waals surface area contributed by atoms with Crippen LogP contribution in [0.25, 0.3) is 11.4 Å². The number of rotatable bonds is 6. The highest BCUT2D eigenvalue weighted by atomic mass is 35.5. The smallest absolute Gasteiger partial charge is 0.241 e. The molecule has 2 aromatic rings. The Balaban J connectivity index is 0.00000261. The van der Waals surface area contributed by atoms with Crippen molar-refractivity contribution in [2.24, 2.45) is 5.73 Å². The molecule has 2 N–H and O–H groups in total. The minimum Gasteiger partial charge on any atom is -0.339 e. The van der Waals surface area contributed by atoms with Gasteiger partial charge in [0.1, 0.15) is 0 Å². The molecule has 1 aliphatic heterocycles. The molecule has 1 aromatic carbocycles. The Hall–Kier alpha value is -1.96. The zero-order valence-electron chi connectivity index (χ0n) is 15.9. The molecule has 148 valence electrons. The average molecular weight is 394 g/mol. The van der Waals surface area contributed by atoms with Gasteiger partial charge in [-0.1, -0.05) is 48.3 Å². The number of benzene rings is 1. The summed E-state index contributed by atoms with van der Waals surface area (Å²) >= 11 is 0. The Kier molecular flexibility index (Phi) is 7.77. The van der Waals surface area contributed by atoms with Gasteiger partial charge in [0.2, 0.25) is 17.6 Å². The first-order valence-electron chi connectivity index (χ1n) is 9.23. The third-order valence-corrected chi connectivity index (χ3v) is 4.74. The summed E-state index contributed by atoms with van der Waals surface area (Å²) in [6.45, 7) is 7.64. The van der Waals surface area contributed by atoms with Crippen LogP contribution in [0.4, 0.5) is 0 Å². The standard InChI is InChI=1S/C19H27N5O2.ClH/c1-3-4-16(20)19(25)24-11-9-23(10-12-24)13-17-21-18(22-26-17)15-7-5-14(2)6-8-15;/h5-8,16H,3-4,9-13,20H2,1-2H3;1H. The first kappa shape index (κ1) is 21.3. The van der Waals surface area contributed by atoms with E-state index < -0.39 is 0 Å². The molecule has 3 rings (SSSR count). The van der Waals surface area contributed by atoms with Gasteiger partial charge in [0.05, 0.1) is 12.6 Å². The third kappa shape index (κ3) is 5.51. The summed E-state index contributed by atoms with van der Waals surface area (Å²) in [4.78, 5) is 20.9. The molecule has 0 spiro atoms. The number of nitrogens with zero attached hydrogens (tertiary/aromatic N) is 4. The maximum absolute atomic E-state index is 12.3. The van der Waals surface area contributed by atoms with Gasteiger partial charge >= 0.3 is 0 Å². The monoisotopic (exact) mass is 393 g/mol. The fraction of sp³-hybridized carbons (Fsp3) is 0.526. The number of piperazine rings is 1. The number of nitrogens with two attached hydrogens (primary N) is 1. The number of aromatic nitrogens is 2. The van der Waals surface area contributed by atoms with Gasteiger partial charge < -0.3 is 15.2 Å². The molecule has 2 heterocycles. The second kappa shape index (κ2) is 9.82. The van der Waals surface area contributed by atoms with Gasteiger partial charge in [-0.05, 0) is 13.3 Å². The first-order valence-corrected chi connectivity index (χ1v) is 9.23. The van der Waals surface area contributed by atoms with E-state index in [2.05, 4.69) is 15.0 Å². The highest BCUT2D eigenvalue weighted by molar-refractivity contribution is 5.85. The SMILES string of the molecule is CCCC(N)C(=O)N1CCN(Cc2nc(-c3ccc(C)cc3)no2)CC1.Cl. The number of aryl methyl sites for hydroxylation is 1. The maximum atomic E-state index is 12.3. The molecule has 1 aliphatic rings. The predicted octanol–water partition coefficient (Wildman–Crippen LogP) is 2.24. The van der Waals surface area contributed by atoms with Crippen molar-refractivity contribution in [1.82, 2.24) is 19.9 Å². The van der Waals surface area contributed by atoms with E-state index in [1.165, 1.54) is 5.56 Å².